The van der Waals surface area contributed by atoms with Crippen LogP contribution in [0, 0.1) is 0 Å². The molecular weight excluding hydrogens is 265 g/mol. The SMILES string of the molecule is CCOC(=O)c1cc(C(F)(F)F)cc(CNC=O)n1. The number of esters is 1. The molecule has 0 saturated heterocycles. The van der Waals surface area contributed by atoms with Gasteiger partial charge in [0.1, 0.15) is 5.69 Å². The lowest BCUT2D eigenvalue weighted by Crippen LogP contribution is -2.17. The second kappa shape index (κ2) is 6.17. The zero-order valence-corrected chi connectivity index (χ0v) is 9.95. The van der Waals surface area contributed by atoms with Crippen molar-refractivity contribution in [3.63, 3.8) is 0 Å². The number of halogens is 3. The number of nitrogens with zero attached hydrogens (tertiary/aromatic N) is 1. The van der Waals surface area contributed by atoms with Crippen molar-refractivity contribution >= 4 is 12.4 Å². The Bertz CT molecular complexity index is 475. The third-order valence-electron chi connectivity index (χ3n) is 2.06. The van der Waals surface area contributed by atoms with E-state index in [9.17, 15) is 22.8 Å². The summed E-state index contributed by atoms with van der Waals surface area (Å²) >= 11 is 0. The fourth-order valence-corrected chi connectivity index (χ4v) is 1.30. The molecule has 0 radical (unpaired) electrons. The average molecular weight is 276 g/mol. The van der Waals surface area contributed by atoms with E-state index >= 15 is 0 Å². The number of carbonyl (C=O) groups excluding carboxylic acids is 2. The molecule has 1 rings (SSSR count). The summed E-state index contributed by atoms with van der Waals surface area (Å²) in [6.07, 6.45) is -4.29. The van der Waals surface area contributed by atoms with Crippen molar-refractivity contribution in [3.8, 4) is 0 Å². The van der Waals surface area contributed by atoms with E-state index in [4.69, 9.17) is 0 Å². The van der Waals surface area contributed by atoms with Crippen LogP contribution in [0.3, 0.4) is 0 Å². The Morgan fingerprint density at radius 1 is 1.47 bits per heavy atom. The van der Waals surface area contributed by atoms with Crippen LogP contribution in [0.25, 0.3) is 0 Å². The Morgan fingerprint density at radius 2 is 2.16 bits per heavy atom. The number of amides is 1. The van der Waals surface area contributed by atoms with Crippen LogP contribution >= 0.6 is 0 Å². The fraction of sp³-hybridized carbons (Fsp3) is 0.364. The Kier molecular flexibility index (Phi) is 4.85. The number of carbonyl (C=O) groups is 2. The summed E-state index contributed by atoms with van der Waals surface area (Å²) in [6, 6.07) is 1.38. The van der Waals surface area contributed by atoms with Gasteiger partial charge in [-0.15, -0.1) is 0 Å². The molecular formula is C11H11F3N2O3. The number of alkyl halides is 3. The average Bonchev–Trinajstić information content (AvgIpc) is 2.35. The van der Waals surface area contributed by atoms with E-state index in [0.717, 1.165) is 6.07 Å². The van der Waals surface area contributed by atoms with Gasteiger partial charge in [-0.25, -0.2) is 9.78 Å². The highest BCUT2D eigenvalue weighted by atomic mass is 19.4. The molecule has 1 aromatic rings. The summed E-state index contributed by atoms with van der Waals surface area (Å²) < 4.78 is 42.5. The zero-order chi connectivity index (χ0) is 14.5. The van der Waals surface area contributed by atoms with Gasteiger partial charge in [-0.3, -0.25) is 4.79 Å². The van der Waals surface area contributed by atoms with Crippen LogP contribution in [-0.2, 0) is 22.3 Å². The smallest absolute Gasteiger partial charge is 0.416 e. The van der Waals surface area contributed by atoms with E-state index in [1.165, 1.54) is 6.92 Å². The van der Waals surface area contributed by atoms with E-state index in [2.05, 4.69) is 15.0 Å². The van der Waals surface area contributed by atoms with Crippen molar-refractivity contribution < 1.29 is 27.5 Å². The second-order valence-electron chi connectivity index (χ2n) is 3.45. The van der Waals surface area contributed by atoms with Gasteiger partial charge in [0.25, 0.3) is 0 Å². The third-order valence-corrected chi connectivity index (χ3v) is 2.06. The van der Waals surface area contributed by atoms with Crippen molar-refractivity contribution in [2.45, 2.75) is 19.6 Å². The number of aromatic nitrogens is 1. The predicted molar refractivity (Wildman–Crippen MR) is 58.1 cm³/mol. The zero-order valence-electron chi connectivity index (χ0n) is 9.95. The predicted octanol–water partition coefficient (Wildman–Crippen LogP) is 1.52. The van der Waals surface area contributed by atoms with Gasteiger partial charge in [0.15, 0.2) is 0 Å². The molecule has 1 amide bonds. The maximum atomic E-state index is 12.6. The summed E-state index contributed by atoms with van der Waals surface area (Å²) in [5.74, 6) is -0.944. The first-order chi connectivity index (χ1) is 8.88. The maximum Gasteiger partial charge on any atom is 0.416 e. The van der Waals surface area contributed by atoms with Gasteiger partial charge in [0, 0.05) is 0 Å². The maximum absolute atomic E-state index is 12.6. The summed E-state index contributed by atoms with van der Waals surface area (Å²) in [6.45, 7) is 1.35. The van der Waals surface area contributed by atoms with Gasteiger partial charge in [0.2, 0.25) is 6.41 Å². The Balaban J connectivity index is 3.16. The first kappa shape index (κ1) is 14.9. The highest BCUT2D eigenvalue weighted by Crippen LogP contribution is 2.30. The number of nitrogens with one attached hydrogen (secondary N) is 1. The molecule has 1 heterocycles. The number of hydrogen-bond acceptors (Lipinski definition) is 4. The molecule has 8 heteroatoms. The van der Waals surface area contributed by atoms with Gasteiger partial charge >= 0.3 is 12.1 Å². The molecule has 0 aliphatic heterocycles. The summed E-state index contributed by atoms with van der Waals surface area (Å²) in [7, 11) is 0. The number of pyridine rings is 1. The molecule has 0 fully saturated rings. The van der Waals surface area contributed by atoms with Crippen LogP contribution in [0.4, 0.5) is 13.2 Å². The minimum atomic E-state index is -4.61. The molecule has 0 bridgehead atoms. The number of hydrogen-bond donors (Lipinski definition) is 1. The standard InChI is InChI=1S/C11H11F3N2O3/c1-2-19-10(18)9-4-7(11(12,13)14)3-8(16-9)5-15-6-17/h3-4,6H,2,5H2,1H3,(H,15,17). The Morgan fingerprint density at radius 3 is 2.68 bits per heavy atom. The van der Waals surface area contributed by atoms with Crippen LogP contribution in [0.2, 0.25) is 0 Å². The minimum absolute atomic E-state index is 0.0265. The van der Waals surface area contributed by atoms with E-state index in [0.29, 0.717) is 12.5 Å². The molecule has 0 atom stereocenters. The number of ether oxygens (including phenoxy) is 1. The van der Waals surface area contributed by atoms with E-state index in [1.807, 2.05) is 0 Å². The highest BCUT2D eigenvalue weighted by molar-refractivity contribution is 5.87. The lowest BCUT2D eigenvalue weighted by molar-refractivity contribution is -0.137. The van der Waals surface area contributed by atoms with Crippen LogP contribution in [0.5, 0.6) is 0 Å². The van der Waals surface area contributed by atoms with Gasteiger partial charge in [0.05, 0.1) is 24.4 Å². The largest absolute Gasteiger partial charge is 0.461 e. The molecule has 5 nitrogen and oxygen atoms in total. The third kappa shape index (κ3) is 4.23. The molecule has 0 unspecified atom stereocenters. The fourth-order valence-electron chi connectivity index (χ4n) is 1.30. The van der Waals surface area contributed by atoms with Crippen molar-refractivity contribution in [3.05, 3.63) is 29.1 Å². The number of rotatable bonds is 5. The van der Waals surface area contributed by atoms with Crippen LogP contribution in [0.15, 0.2) is 12.1 Å². The first-order valence-corrected chi connectivity index (χ1v) is 5.30. The molecule has 0 aliphatic carbocycles. The molecule has 0 aliphatic rings. The van der Waals surface area contributed by atoms with Gasteiger partial charge < -0.3 is 10.1 Å². The lowest BCUT2D eigenvalue weighted by atomic mass is 10.1. The topological polar surface area (TPSA) is 68.3 Å². The molecule has 0 saturated carbocycles. The van der Waals surface area contributed by atoms with Crippen molar-refractivity contribution in [2.75, 3.05) is 6.61 Å². The van der Waals surface area contributed by atoms with Crippen LogP contribution in [-0.4, -0.2) is 24.0 Å². The normalized spacial score (nSPS) is 10.9. The van der Waals surface area contributed by atoms with Crippen LogP contribution in [0.1, 0.15) is 28.7 Å². The summed E-state index contributed by atoms with van der Waals surface area (Å²) in [5.41, 5.74) is -1.54. The Hall–Kier alpha value is -2.12. The monoisotopic (exact) mass is 276 g/mol. The summed E-state index contributed by atoms with van der Waals surface area (Å²) in [5, 5.41) is 2.18. The minimum Gasteiger partial charge on any atom is -0.461 e. The lowest BCUT2D eigenvalue weighted by Gasteiger charge is -2.10. The molecule has 0 spiro atoms. The molecule has 1 aromatic heterocycles. The first-order valence-electron chi connectivity index (χ1n) is 5.30. The van der Waals surface area contributed by atoms with Gasteiger partial charge in [-0.2, -0.15) is 13.2 Å². The van der Waals surface area contributed by atoms with Gasteiger partial charge in [-0.05, 0) is 19.1 Å². The van der Waals surface area contributed by atoms with Crippen molar-refractivity contribution in [1.82, 2.24) is 10.3 Å². The molecule has 19 heavy (non-hydrogen) atoms. The summed E-state index contributed by atoms with van der Waals surface area (Å²) in [4.78, 5) is 25.2. The van der Waals surface area contributed by atoms with Crippen molar-refractivity contribution in [1.29, 1.82) is 0 Å². The van der Waals surface area contributed by atoms with Crippen LogP contribution < -0.4 is 5.32 Å². The van der Waals surface area contributed by atoms with E-state index in [-0.39, 0.29) is 18.8 Å². The quantitative estimate of drug-likeness (QED) is 0.654. The van der Waals surface area contributed by atoms with Gasteiger partial charge in [-0.1, -0.05) is 0 Å². The van der Waals surface area contributed by atoms with E-state index < -0.39 is 23.4 Å². The highest BCUT2D eigenvalue weighted by Gasteiger charge is 2.32. The van der Waals surface area contributed by atoms with Crippen molar-refractivity contribution in [2.24, 2.45) is 0 Å². The molecule has 104 valence electrons. The molecule has 1 N–H and O–H groups in total. The molecule has 0 aromatic carbocycles. The van der Waals surface area contributed by atoms with E-state index in [1.54, 1.807) is 0 Å². The Labute approximate surface area is 106 Å². The second-order valence-corrected chi connectivity index (χ2v) is 3.45.